The molecule has 0 radical (unpaired) electrons. The fraction of sp³-hybridized carbons (Fsp3) is 0.667. The predicted octanol–water partition coefficient (Wildman–Crippen LogP) is 3.62. The molecule has 1 nitrogen and oxygen atoms in total. The van der Waals surface area contributed by atoms with Crippen molar-refractivity contribution in [3.05, 3.63) is 23.6 Å². The van der Waals surface area contributed by atoms with E-state index in [-0.39, 0.29) is 0 Å². The van der Waals surface area contributed by atoms with Gasteiger partial charge in [-0.25, -0.2) is 0 Å². The summed E-state index contributed by atoms with van der Waals surface area (Å²) in [5, 5.41) is 0. The maximum atomic E-state index is 5.58. The summed E-state index contributed by atoms with van der Waals surface area (Å²) in [6.07, 6.45) is 5.24. The van der Waals surface area contributed by atoms with Crippen LogP contribution in [0, 0.1) is 0 Å². The second kappa shape index (κ2) is 4.39. The Morgan fingerprint density at radius 1 is 0.733 bits per heavy atom. The Bertz CT molecular complexity index is 240. The first-order valence-corrected chi connectivity index (χ1v) is 12.9. The summed E-state index contributed by atoms with van der Waals surface area (Å²) in [6.45, 7) is 14.1. The zero-order valence-corrected chi connectivity index (χ0v) is 12.9. The Balaban J connectivity index is 2.36. The Kier molecular flexibility index (Phi) is 3.79. The molecule has 1 rings (SSSR count). The SMILES string of the molecule is C[Si](C)(C)/C=C/[C@H]1O[C@@H]1/C=C/[Si](C)(C)C. The van der Waals surface area contributed by atoms with Gasteiger partial charge in [-0.2, -0.15) is 0 Å². The highest BCUT2D eigenvalue weighted by Gasteiger charge is 2.34. The summed E-state index contributed by atoms with van der Waals surface area (Å²) in [5.41, 5.74) is 4.75. The second-order valence-electron chi connectivity index (χ2n) is 6.52. The highest BCUT2D eigenvalue weighted by molar-refractivity contribution is 6.81. The van der Waals surface area contributed by atoms with Crippen LogP contribution in [0.3, 0.4) is 0 Å². The second-order valence-corrected chi connectivity index (χ2v) is 16.6. The van der Waals surface area contributed by atoms with Crippen LogP contribution in [0.1, 0.15) is 0 Å². The summed E-state index contributed by atoms with van der Waals surface area (Å²) in [5.74, 6) is 0. The zero-order valence-electron chi connectivity index (χ0n) is 10.9. The van der Waals surface area contributed by atoms with Gasteiger partial charge >= 0.3 is 0 Å². The lowest BCUT2D eigenvalue weighted by atomic mass is 10.3. The number of hydrogen-bond acceptors (Lipinski definition) is 1. The normalized spacial score (nSPS) is 27.9. The van der Waals surface area contributed by atoms with E-state index in [2.05, 4.69) is 62.8 Å². The lowest BCUT2D eigenvalue weighted by Gasteiger charge is -2.07. The first-order chi connectivity index (χ1) is 6.67. The molecular formula is C12H24OSi2. The van der Waals surface area contributed by atoms with Gasteiger partial charge in [0.2, 0.25) is 0 Å². The van der Waals surface area contributed by atoms with Gasteiger partial charge in [-0.15, -0.1) is 0 Å². The minimum Gasteiger partial charge on any atom is -0.361 e. The van der Waals surface area contributed by atoms with Crippen molar-refractivity contribution in [2.45, 2.75) is 51.5 Å². The van der Waals surface area contributed by atoms with Crippen molar-refractivity contribution in [1.82, 2.24) is 0 Å². The number of epoxide rings is 1. The number of rotatable bonds is 4. The fourth-order valence-corrected chi connectivity index (χ4v) is 2.75. The molecule has 0 aromatic heterocycles. The maximum Gasteiger partial charge on any atom is 0.106 e. The minimum absolute atomic E-state index is 0.365. The maximum absolute atomic E-state index is 5.58. The molecule has 86 valence electrons. The van der Waals surface area contributed by atoms with Gasteiger partial charge in [-0.05, 0) is 0 Å². The Morgan fingerprint density at radius 2 is 1.07 bits per heavy atom. The van der Waals surface area contributed by atoms with Crippen LogP contribution >= 0.6 is 0 Å². The van der Waals surface area contributed by atoms with Crippen molar-refractivity contribution >= 4 is 16.1 Å². The summed E-state index contributed by atoms with van der Waals surface area (Å²) >= 11 is 0. The molecule has 0 saturated carbocycles. The smallest absolute Gasteiger partial charge is 0.106 e. The first kappa shape index (κ1) is 12.9. The van der Waals surface area contributed by atoms with Crippen LogP contribution < -0.4 is 0 Å². The Morgan fingerprint density at radius 3 is 1.33 bits per heavy atom. The van der Waals surface area contributed by atoms with Crippen molar-refractivity contribution in [3.8, 4) is 0 Å². The average Bonchev–Trinajstić information content (AvgIpc) is 2.73. The summed E-state index contributed by atoms with van der Waals surface area (Å²) in [4.78, 5) is 0. The molecule has 3 heteroatoms. The van der Waals surface area contributed by atoms with Gasteiger partial charge in [0.25, 0.3) is 0 Å². The molecule has 0 N–H and O–H groups in total. The molecule has 0 aliphatic carbocycles. The van der Waals surface area contributed by atoms with Crippen molar-refractivity contribution in [2.75, 3.05) is 0 Å². The van der Waals surface area contributed by atoms with Crippen LogP contribution in [0.25, 0.3) is 0 Å². The van der Waals surface area contributed by atoms with E-state index in [9.17, 15) is 0 Å². The highest BCUT2D eigenvalue weighted by atomic mass is 28.3. The van der Waals surface area contributed by atoms with Gasteiger partial charge in [-0.3, -0.25) is 0 Å². The van der Waals surface area contributed by atoms with Crippen molar-refractivity contribution < 1.29 is 4.74 Å². The molecule has 0 bridgehead atoms. The third kappa shape index (κ3) is 6.12. The average molecular weight is 240 g/mol. The van der Waals surface area contributed by atoms with Crippen LogP contribution in [0.5, 0.6) is 0 Å². The summed E-state index contributed by atoms with van der Waals surface area (Å²) < 4.78 is 5.58. The highest BCUT2D eigenvalue weighted by Crippen LogP contribution is 2.26. The standard InChI is InChI=1S/C12H24OSi2/c1-14(2,3)9-7-11-12(13-11)8-10-15(4,5)6/h7-12H,1-6H3/b9-7+,10-8+/t11-,12-/m1/s1. The van der Waals surface area contributed by atoms with Crippen molar-refractivity contribution in [2.24, 2.45) is 0 Å². The predicted molar refractivity (Wildman–Crippen MR) is 73.6 cm³/mol. The number of hydrogen-bond donors (Lipinski definition) is 0. The molecule has 1 saturated heterocycles. The van der Waals surface area contributed by atoms with E-state index in [1.807, 2.05) is 0 Å². The lowest BCUT2D eigenvalue weighted by molar-refractivity contribution is 0.413. The minimum atomic E-state index is -1.05. The van der Waals surface area contributed by atoms with Gasteiger partial charge in [0, 0.05) is 0 Å². The van der Waals surface area contributed by atoms with E-state index < -0.39 is 16.1 Å². The zero-order chi connectivity index (χ0) is 11.7. The van der Waals surface area contributed by atoms with E-state index >= 15 is 0 Å². The lowest BCUT2D eigenvalue weighted by Crippen LogP contribution is -2.16. The summed E-state index contributed by atoms with van der Waals surface area (Å²) in [6, 6.07) is 0. The molecule has 15 heavy (non-hydrogen) atoms. The monoisotopic (exact) mass is 240 g/mol. The molecule has 1 aliphatic rings. The van der Waals surface area contributed by atoms with Gasteiger partial charge < -0.3 is 4.74 Å². The molecule has 1 fully saturated rings. The molecule has 1 aliphatic heterocycles. The topological polar surface area (TPSA) is 12.5 Å². The van der Waals surface area contributed by atoms with Gasteiger partial charge in [0.05, 0.1) is 16.1 Å². The van der Waals surface area contributed by atoms with Crippen molar-refractivity contribution in [3.63, 3.8) is 0 Å². The molecule has 0 aromatic rings. The van der Waals surface area contributed by atoms with E-state index in [1.165, 1.54) is 0 Å². The van der Waals surface area contributed by atoms with Crippen LogP contribution in [0.4, 0.5) is 0 Å². The van der Waals surface area contributed by atoms with E-state index in [4.69, 9.17) is 4.74 Å². The molecule has 0 spiro atoms. The van der Waals surface area contributed by atoms with Gasteiger partial charge in [-0.1, -0.05) is 62.8 Å². The van der Waals surface area contributed by atoms with E-state index in [0.29, 0.717) is 12.2 Å². The Hall–Kier alpha value is -0.126. The van der Waals surface area contributed by atoms with Gasteiger partial charge in [0.1, 0.15) is 12.2 Å². The molecule has 0 aromatic carbocycles. The molecule has 0 amide bonds. The molecular weight excluding hydrogens is 216 g/mol. The third-order valence-electron chi connectivity index (χ3n) is 2.13. The molecule has 1 heterocycles. The van der Waals surface area contributed by atoms with Crippen LogP contribution in [-0.2, 0) is 4.74 Å². The first-order valence-electron chi connectivity index (χ1n) is 5.72. The van der Waals surface area contributed by atoms with E-state index in [1.54, 1.807) is 0 Å². The van der Waals surface area contributed by atoms with Crippen LogP contribution in [0.2, 0.25) is 39.3 Å². The van der Waals surface area contributed by atoms with Crippen LogP contribution in [-0.4, -0.2) is 28.4 Å². The van der Waals surface area contributed by atoms with Crippen molar-refractivity contribution in [1.29, 1.82) is 0 Å². The van der Waals surface area contributed by atoms with E-state index in [0.717, 1.165) is 0 Å². The molecule has 0 unspecified atom stereocenters. The number of ether oxygens (including phenoxy) is 1. The quantitative estimate of drug-likeness (QED) is 0.540. The third-order valence-corrected chi connectivity index (χ3v) is 4.52. The molecule has 2 atom stereocenters. The van der Waals surface area contributed by atoms with Crippen LogP contribution in [0.15, 0.2) is 23.6 Å². The largest absolute Gasteiger partial charge is 0.361 e. The van der Waals surface area contributed by atoms with Gasteiger partial charge in [0.15, 0.2) is 0 Å². The fourth-order valence-electron chi connectivity index (χ4n) is 1.21. The summed E-state index contributed by atoms with van der Waals surface area (Å²) in [7, 11) is -2.09. The Labute approximate surface area is 96.2 Å².